The molecule has 0 radical (unpaired) electrons. The van der Waals surface area contributed by atoms with Crippen molar-refractivity contribution in [2.24, 2.45) is 4.99 Å². The second-order valence-corrected chi connectivity index (χ2v) is 8.68. The van der Waals surface area contributed by atoms with Crippen LogP contribution >= 0.6 is 11.8 Å². The summed E-state index contributed by atoms with van der Waals surface area (Å²) in [4.78, 5) is 20.1. The van der Waals surface area contributed by atoms with Gasteiger partial charge in [0.05, 0.1) is 10.6 Å². The van der Waals surface area contributed by atoms with E-state index in [0.717, 1.165) is 27.7 Å². The first-order valence-corrected chi connectivity index (χ1v) is 10.2. The van der Waals surface area contributed by atoms with E-state index >= 15 is 0 Å². The second-order valence-electron chi connectivity index (χ2n) is 7.67. The van der Waals surface area contributed by atoms with Crippen molar-refractivity contribution in [3.8, 4) is 0 Å². The molecule has 0 bridgehead atoms. The molecule has 2 aromatic carbocycles. The molecule has 0 saturated carbocycles. The predicted octanol–water partition coefficient (Wildman–Crippen LogP) is 6.00. The zero-order valence-corrected chi connectivity index (χ0v) is 17.2. The van der Waals surface area contributed by atoms with E-state index in [2.05, 4.69) is 52.0 Å². The number of hydrogen-bond donors (Lipinski definition) is 0. The van der Waals surface area contributed by atoms with Gasteiger partial charge in [-0.2, -0.15) is 0 Å². The maximum absolute atomic E-state index is 12.9. The first-order chi connectivity index (χ1) is 12.9. The van der Waals surface area contributed by atoms with Crippen LogP contribution < -0.4 is 0 Å². The van der Waals surface area contributed by atoms with Crippen molar-refractivity contribution in [1.29, 1.82) is 0 Å². The average Bonchev–Trinajstić information content (AvgIpc) is 2.91. The summed E-state index contributed by atoms with van der Waals surface area (Å²) in [6.07, 6.45) is 2.86. The summed E-state index contributed by atoms with van der Waals surface area (Å²) in [5, 5.41) is 0.755. The quantitative estimate of drug-likeness (QED) is 0.611. The standard InChI is InChI=1S/C23H26N2OS/c1-5-15-25-21(26)20(27-22(25)24-19-9-7-6-8-10-19)16-17-11-13-18(14-12-17)23(2,3)4/h6-14,16H,5,15H2,1-4H3/b20-16+,24-22?. The van der Waals surface area contributed by atoms with Crippen molar-refractivity contribution in [2.45, 2.75) is 39.5 Å². The van der Waals surface area contributed by atoms with Gasteiger partial charge < -0.3 is 0 Å². The van der Waals surface area contributed by atoms with E-state index in [-0.39, 0.29) is 11.3 Å². The number of hydrogen-bond acceptors (Lipinski definition) is 3. The highest BCUT2D eigenvalue weighted by Crippen LogP contribution is 2.34. The molecule has 140 valence electrons. The largest absolute Gasteiger partial charge is 0.286 e. The van der Waals surface area contributed by atoms with Crippen molar-refractivity contribution in [3.63, 3.8) is 0 Å². The van der Waals surface area contributed by atoms with E-state index in [9.17, 15) is 4.79 Å². The van der Waals surface area contributed by atoms with Crippen LogP contribution in [0.2, 0.25) is 0 Å². The third-order valence-corrected chi connectivity index (χ3v) is 5.40. The Labute approximate surface area is 166 Å². The smallest absolute Gasteiger partial charge is 0.266 e. The molecule has 2 aromatic rings. The van der Waals surface area contributed by atoms with E-state index in [4.69, 9.17) is 4.99 Å². The predicted molar refractivity (Wildman–Crippen MR) is 116 cm³/mol. The molecule has 1 heterocycles. The molecule has 3 nitrogen and oxygen atoms in total. The van der Waals surface area contributed by atoms with Crippen LogP contribution in [-0.4, -0.2) is 22.5 Å². The molecular formula is C23H26N2OS. The van der Waals surface area contributed by atoms with Gasteiger partial charge in [0, 0.05) is 6.54 Å². The van der Waals surface area contributed by atoms with Crippen LogP contribution in [-0.2, 0) is 10.2 Å². The van der Waals surface area contributed by atoms with Crippen LogP contribution in [0, 0.1) is 0 Å². The van der Waals surface area contributed by atoms with Gasteiger partial charge in [-0.3, -0.25) is 9.69 Å². The summed E-state index contributed by atoms with van der Waals surface area (Å²) in [5.74, 6) is 0.0384. The zero-order chi connectivity index (χ0) is 19.4. The summed E-state index contributed by atoms with van der Waals surface area (Å²) >= 11 is 1.45. The van der Waals surface area contributed by atoms with Gasteiger partial charge in [0.1, 0.15) is 0 Å². The highest BCUT2D eigenvalue weighted by molar-refractivity contribution is 8.18. The normalized spacial score (nSPS) is 17.9. The molecule has 0 N–H and O–H groups in total. The summed E-state index contributed by atoms with van der Waals surface area (Å²) < 4.78 is 0. The molecule has 27 heavy (non-hydrogen) atoms. The van der Waals surface area contributed by atoms with Crippen molar-refractivity contribution < 1.29 is 4.79 Å². The van der Waals surface area contributed by atoms with Gasteiger partial charge in [-0.1, -0.05) is 70.2 Å². The second kappa shape index (κ2) is 8.13. The Kier molecular flexibility index (Phi) is 5.85. The number of thioether (sulfide) groups is 1. The number of rotatable bonds is 4. The minimum Gasteiger partial charge on any atom is -0.286 e. The van der Waals surface area contributed by atoms with Crippen molar-refractivity contribution in [1.82, 2.24) is 4.90 Å². The minimum absolute atomic E-state index is 0.0384. The number of carbonyl (C=O) groups excluding carboxylic acids is 1. The Morgan fingerprint density at radius 3 is 2.30 bits per heavy atom. The molecule has 0 spiro atoms. The van der Waals surface area contributed by atoms with Gasteiger partial charge in [0.15, 0.2) is 5.17 Å². The van der Waals surface area contributed by atoms with Crippen LogP contribution in [0.1, 0.15) is 45.2 Å². The highest BCUT2D eigenvalue weighted by atomic mass is 32.2. The van der Waals surface area contributed by atoms with Gasteiger partial charge >= 0.3 is 0 Å². The Morgan fingerprint density at radius 2 is 1.70 bits per heavy atom. The molecule has 1 aliphatic heterocycles. The Balaban J connectivity index is 1.89. The third kappa shape index (κ3) is 4.69. The number of amides is 1. The first kappa shape index (κ1) is 19.4. The number of benzene rings is 2. The van der Waals surface area contributed by atoms with E-state index in [1.54, 1.807) is 4.90 Å². The van der Waals surface area contributed by atoms with E-state index in [1.165, 1.54) is 17.3 Å². The van der Waals surface area contributed by atoms with Gasteiger partial charge in [0.2, 0.25) is 0 Å². The lowest BCUT2D eigenvalue weighted by molar-refractivity contribution is -0.122. The molecule has 1 aliphatic rings. The van der Waals surface area contributed by atoms with Crippen LogP contribution in [0.4, 0.5) is 5.69 Å². The Hall–Kier alpha value is -2.33. The molecular weight excluding hydrogens is 352 g/mol. The molecule has 1 saturated heterocycles. The molecule has 3 rings (SSSR count). The van der Waals surface area contributed by atoms with Crippen molar-refractivity contribution in [3.05, 3.63) is 70.6 Å². The molecule has 0 unspecified atom stereocenters. The van der Waals surface area contributed by atoms with Crippen LogP contribution in [0.3, 0.4) is 0 Å². The Bertz CT molecular complexity index is 862. The van der Waals surface area contributed by atoms with Gasteiger partial charge in [0.25, 0.3) is 5.91 Å². The number of nitrogens with zero attached hydrogens (tertiary/aromatic N) is 2. The molecule has 0 aliphatic carbocycles. The van der Waals surface area contributed by atoms with Crippen molar-refractivity contribution >= 4 is 34.6 Å². The summed E-state index contributed by atoms with van der Waals surface area (Å²) in [7, 11) is 0. The lowest BCUT2D eigenvalue weighted by Crippen LogP contribution is -2.29. The number of carbonyl (C=O) groups is 1. The van der Waals surface area contributed by atoms with Crippen LogP contribution in [0.5, 0.6) is 0 Å². The number of para-hydroxylation sites is 1. The minimum atomic E-state index is 0.0384. The lowest BCUT2D eigenvalue weighted by atomic mass is 9.87. The molecule has 0 atom stereocenters. The van der Waals surface area contributed by atoms with E-state index in [0.29, 0.717) is 6.54 Å². The molecule has 1 amide bonds. The van der Waals surface area contributed by atoms with E-state index in [1.807, 2.05) is 36.4 Å². The van der Waals surface area contributed by atoms with Gasteiger partial charge in [-0.15, -0.1) is 0 Å². The van der Waals surface area contributed by atoms with Crippen LogP contribution in [0.25, 0.3) is 6.08 Å². The fraction of sp³-hybridized carbons (Fsp3) is 0.304. The first-order valence-electron chi connectivity index (χ1n) is 9.34. The topological polar surface area (TPSA) is 32.7 Å². The average molecular weight is 379 g/mol. The van der Waals surface area contributed by atoms with Gasteiger partial charge in [-0.05, 0) is 52.9 Å². The molecule has 0 aromatic heterocycles. The highest BCUT2D eigenvalue weighted by Gasteiger charge is 2.32. The summed E-state index contributed by atoms with van der Waals surface area (Å²) in [6.45, 7) is 9.35. The number of aliphatic imine (C=N–C) groups is 1. The van der Waals surface area contributed by atoms with Crippen LogP contribution in [0.15, 0.2) is 64.5 Å². The van der Waals surface area contributed by atoms with E-state index < -0.39 is 0 Å². The maximum Gasteiger partial charge on any atom is 0.266 e. The lowest BCUT2D eigenvalue weighted by Gasteiger charge is -2.18. The summed E-state index contributed by atoms with van der Waals surface area (Å²) in [5.41, 5.74) is 3.31. The fourth-order valence-electron chi connectivity index (χ4n) is 2.86. The fourth-order valence-corrected chi connectivity index (χ4v) is 3.88. The van der Waals surface area contributed by atoms with Gasteiger partial charge in [-0.25, -0.2) is 4.99 Å². The summed E-state index contributed by atoms with van der Waals surface area (Å²) in [6, 6.07) is 18.2. The Morgan fingerprint density at radius 1 is 1.04 bits per heavy atom. The molecule has 1 fully saturated rings. The monoisotopic (exact) mass is 378 g/mol. The van der Waals surface area contributed by atoms with Crippen molar-refractivity contribution in [2.75, 3.05) is 6.54 Å². The maximum atomic E-state index is 12.9. The molecule has 4 heteroatoms. The third-order valence-electron chi connectivity index (χ3n) is 4.39. The number of amidine groups is 1. The zero-order valence-electron chi connectivity index (χ0n) is 16.4. The SMILES string of the molecule is CCCN1C(=O)/C(=C\c2ccc(C(C)(C)C)cc2)SC1=Nc1ccccc1.